The van der Waals surface area contributed by atoms with Crippen LogP contribution >= 0.6 is 11.8 Å². The number of aromatic nitrogens is 4. The molecule has 1 N–H and O–H groups in total. The van der Waals surface area contributed by atoms with Crippen molar-refractivity contribution in [3.05, 3.63) is 26.7 Å². The van der Waals surface area contributed by atoms with E-state index >= 15 is 0 Å². The predicted octanol–water partition coefficient (Wildman–Crippen LogP) is -0.0992. The number of hydrogen-bond acceptors (Lipinski definition) is 6. The van der Waals surface area contributed by atoms with Gasteiger partial charge in [-0.2, -0.15) is 0 Å². The quantitative estimate of drug-likeness (QED) is 0.623. The Morgan fingerprint density at radius 2 is 1.86 bits per heavy atom. The first-order valence-electron chi connectivity index (χ1n) is 6.08. The average molecular weight is 310 g/mol. The Bertz CT molecular complexity index is 855. The Labute approximate surface area is 123 Å². The Hall–Kier alpha value is -2.16. The molecule has 21 heavy (non-hydrogen) atoms. The van der Waals surface area contributed by atoms with Crippen molar-refractivity contribution in [1.82, 2.24) is 19.1 Å². The van der Waals surface area contributed by atoms with Crippen LogP contribution in [0.1, 0.15) is 12.7 Å². The normalized spacial score (nSPS) is 12.6. The van der Waals surface area contributed by atoms with E-state index in [1.165, 1.54) is 25.6 Å². The molecule has 0 fully saturated rings. The van der Waals surface area contributed by atoms with Crippen LogP contribution in [-0.2, 0) is 18.9 Å². The van der Waals surface area contributed by atoms with Gasteiger partial charge in [-0.25, -0.2) is 14.8 Å². The van der Waals surface area contributed by atoms with Gasteiger partial charge in [-0.15, -0.1) is 0 Å². The minimum atomic E-state index is -1.01. The highest BCUT2D eigenvalue weighted by atomic mass is 32.2. The highest BCUT2D eigenvalue weighted by Crippen LogP contribution is 2.26. The number of carbonyl (C=O) groups is 1. The maximum absolute atomic E-state index is 12.3. The summed E-state index contributed by atoms with van der Waals surface area (Å²) in [5.41, 5.74) is -0.822. The van der Waals surface area contributed by atoms with Crippen molar-refractivity contribution < 1.29 is 9.90 Å². The summed E-state index contributed by atoms with van der Waals surface area (Å²) in [5.74, 6) is -0.642. The zero-order valence-corrected chi connectivity index (χ0v) is 12.8. The first kappa shape index (κ1) is 15.2. The molecule has 0 aliphatic carbocycles. The third-order valence-electron chi connectivity index (χ3n) is 3.01. The number of carboxylic acid groups (broad SMARTS) is 1. The zero-order valence-electron chi connectivity index (χ0n) is 11.9. The number of hydrogen-bond donors (Lipinski definition) is 1. The number of aryl methyl sites for hydroxylation is 2. The summed E-state index contributed by atoms with van der Waals surface area (Å²) < 4.78 is 2.21. The lowest BCUT2D eigenvalue weighted by Gasteiger charge is -2.11. The fourth-order valence-corrected chi connectivity index (χ4v) is 2.75. The molecule has 0 spiro atoms. The predicted molar refractivity (Wildman–Crippen MR) is 77.7 cm³/mol. The van der Waals surface area contributed by atoms with E-state index in [2.05, 4.69) is 9.97 Å². The molecule has 2 aromatic rings. The van der Waals surface area contributed by atoms with Crippen molar-refractivity contribution in [2.75, 3.05) is 0 Å². The Kier molecular flexibility index (Phi) is 3.86. The molecule has 0 bridgehead atoms. The van der Waals surface area contributed by atoms with Crippen molar-refractivity contribution in [3.63, 3.8) is 0 Å². The standard InChI is InChI=1S/C12H14N4O4S/c1-5(11(18)19)21-9-7-8(13-6(2)14-9)15(3)12(20)16(4)10(7)17/h5H,1-4H3,(H,18,19). The molecule has 2 rings (SSSR count). The lowest BCUT2D eigenvalue weighted by Crippen LogP contribution is -2.37. The van der Waals surface area contributed by atoms with Gasteiger partial charge in [-0.05, 0) is 13.8 Å². The van der Waals surface area contributed by atoms with E-state index in [0.29, 0.717) is 5.82 Å². The van der Waals surface area contributed by atoms with E-state index in [4.69, 9.17) is 5.11 Å². The second kappa shape index (κ2) is 5.32. The van der Waals surface area contributed by atoms with Crippen molar-refractivity contribution >= 4 is 28.8 Å². The van der Waals surface area contributed by atoms with Crippen LogP contribution in [0.15, 0.2) is 14.6 Å². The molecular weight excluding hydrogens is 296 g/mol. The van der Waals surface area contributed by atoms with Gasteiger partial charge in [0.15, 0.2) is 5.65 Å². The maximum Gasteiger partial charge on any atom is 0.332 e. The molecule has 0 amide bonds. The van der Waals surface area contributed by atoms with Crippen LogP contribution in [0, 0.1) is 6.92 Å². The molecular formula is C12H14N4O4S. The third-order valence-corrected chi connectivity index (χ3v) is 4.09. The third kappa shape index (κ3) is 2.56. The minimum absolute atomic E-state index is 0.156. The van der Waals surface area contributed by atoms with Crippen molar-refractivity contribution in [2.24, 2.45) is 14.1 Å². The largest absolute Gasteiger partial charge is 0.480 e. The molecule has 0 aromatic carbocycles. The second-order valence-corrected chi connectivity index (χ2v) is 5.91. The van der Waals surface area contributed by atoms with Gasteiger partial charge >= 0.3 is 11.7 Å². The maximum atomic E-state index is 12.3. The highest BCUT2D eigenvalue weighted by molar-refractivity contribution is 8.00. The summed E-state index contributed by atoms with van der Waals surface area (Å²) in [4.78, 5) is 43.5. The molecule has 9 heteroatoms. The number of carboxylic acids is 1. The smallest absolute Gasteiger partial charge is 0.332 e. The summed E-state index contributed by atoms with van der Waals surface area (Å²) in [6.45, 7) is 3.12. The fraction of sp³-hybridized carbons (Fsp3) is 0.417. The average Bonchev–Trinajstić information content (AvgIpc) is 2.42. The van der Waals surface area contributed by atoms with Crippen LogP contribution in [-0.4, -0.2) is 35.4 Å². The summed E-state index contributed by atoms with van der Waals surface area (Å²) >= 11 is 0.953. The van der Waals surface area contributed by atoms with E-state index in [1.807, 2.05) is 0 Å². The first-order valence-corrected chi connectivity index (χ1v) is 6.95. The topological polar surface area (TPSA) is 107 Å². The lowest BCUT2D eigenvalue weighted by atomic mass is 10.4. The Balaban J connectivity index is 2.86. The summed E-state index contributed by atoms with van der Waals surface area (Å²) in [6, 6.07) is 0. The molecule has 0 radical (unpaired) electrons. The van der Waals surface area contributed by atoms with Gasteiger partial charge in [0.25, 0.3) is 5.56 Å². The Morgan fingerprint density at radius 1 is 1.24 bits per heavy atom. The van der Waals surface area contributed by atoms with Gasteiger partial charge in [-0.3, -0.25) is 18.7 Å². The van der Waals surface area contributed by atoms with Gasteiger partial charge in [0.2, 0.25) is 0 Å². The number of aliphatic carboxylic acids is 1. The number of fused-ring (bicyclic) bond motifs is 1. The lowest BCUT2D eigenvalue weighted by molar-refractivity contribution is -0.136. The van der Waals surface area contributed by atoms with Crippen LogP contribution in [0.4, 0.5) is 0 Å². The van der Waals surface area contributed by atoms with Gasteiger partial charge in [0.1, 0.15) is 21.5 Å². The van der Waals surface area contributed by atoms with Gasteiger partial charge in [0, 0.05) is 14.1 Å². The van der Waals surface area contributed by atoms with E-state index < -0.39 is 22.5 Å². The minimum Gasteiger partial charge on any atom is -0.480 e. The van der Waals surface area contributed by atoms with Crippen LogP contribution in [0.5, 0.6) is 0 Å². The molecule has 2 heterocycles. The molecule has 1 atom stereocenters. The number of nitrogens with zero attached hydrogens (tertiary/aromatic N) is 4. The summed E-state index contributed by atoms with van der Waals surface area (Å²) in [5, 5.41) is 8.65. The van der Waals surface area contributed by atoms with Gasteiger partial charge in [0.05, 0.1) is 0 Å². The van der Waals surface area contributed by atoms with E-state index in [-0.39, 0.29) is 16.1 Å². The molecule has 112 valence electrons. The van der Waals surface area contributed by atoms with Crippen LogP contribution < -0.4 is 11.2 Å². The van der Waals surface area contributed by atoms with Crippen LogP contribution in [0.25, 0.3) is 11.0 Å². The van der Waals surface area contributed by atoms with Gasteiger partial charge < -0.3 is 5.11 Å². The summed E-state index contributed by atoms with van der Waals surface area (Å²) in [6.07, 6.45) is 0. The van der Waals surface area contributed by atoms with E-state index in [0.717, 1.165) is 16.3 Å². The molecule has 0 aliphatic rings. The number of rotatable bonds is 3. The van der Waals surface area contributed by atoms with Crippen LogP contribution in [0.2, 0.25) is 0 Å². The zero-order chi connectivity index (χ0) is 15.9. The second-order valence-electron chi connectivity index (χ2n) is 4.58. The van der Waals surface area contributed by atoms with Crippen molar-refractivity contribution in [1.29, 1.82) is 0 Å². The molecule has 1 unspecified atom stereocenters. The fourth-order valence-electron chi connectivity index (χ4n) is 1.84. The molecule has 0 saturated heterocycles. The molecule has 8 nitrogen and oxygen atoms in total. The van der Waals surface area contributed by atoms with E-state index in [9.17, 15) is 14.4 Å². The Morgan fingerprint density at radius 3 is 2.43 bits per heavy atom. The first-order chi connectivity index (χ1) is 9.73. The van der Waals surface area contributed by atoms with Gasteiger partial charge in [-0.1, -0.05) is 11.8 Å². The van der Waals surface area contributed by atoms with Crippen molar-refractivity contribution in [3.8, 4) is 0 Å². The number of thioether (sulfide) groups is 1. The van der Waals surface area contributed by atoms with Crippen LogP contribution in [0.3, 0.4) is 0 Å². The summed E-state index contributed by atoms with van der Waals surface area (Å²) in [7, 11) is 2.87. The van der Waals surface area contributed by atoms with E-state index in [1.54, 1.807) is 6.92 Å². The highest BCUT2D eigenvalue weighted by Gasteiger charge is 2.20. The molecule has 0 aliphatic heterocycles. The molecule has 0 saturated carbocycles. The SMILES string of the molecule is Cc1nc(SC(C)C(=O)O)c2c(=O)n(C)c(=O)n(C)c2n1. The molecule has 2 aromatic heterocycles. The van der Waals surface area contributed by atoms with Crippen molar-refractivity contribution in [2.45, 2.75) is 24.1 Å². The monoisotopic (exact) mass is 310 g/mol.